The molecule has 0 amide bonds. The lowest BCUT2D eigenvalue weighted by molar-refractivity contribution is 0.359. The van der Waals surface area contributed by atoms with Crippen molar-refractivity contribution in [3.8, 4) is 5.75 Å². The van der Waals surface area contributed by atoms with E-state index in [0.29, 0.717) is 10.9 Å². The number of benzene rings is 1. The normalized spacial score (nSPS) is 13.1. The van der Waals surface area contributed by atoms with Crippen LogP contribution in [0.15, 0.2) is 52.9 Å². The predicted octanol–water partition coefficient (Wildman–Crippen LogP) is 4.81. The molecule has 2 aromatic heterocycles. The molecule has 3 aromatic rings. The molecule has 0 aliphatic rings. The van der Waals surface area contributed by atoms with Crippen LogP contribution in [0.4, 0.5) is 0 Å². The number of thiophene rings is 1. The first kappa shape index (κ1) is 21.8. The van der Waals surface area contributed by atoms with Crippen LogP contribution in [0.25, 0.3) is 0 Å². The summed E-state index contributed by atoms with van der Waals surface area (Å²) in [5.41, 5.74) is 1.77. The van der Waals surface area contributed by atoms with Crippen LogP contribution in [0.5, 0.6) is 5.75 Å². The van der Waals surface area contributed by atoms with E-state index in [4.69, 9.17) is 11.6 Å². The molecule has 0 unspecified atom stereocenters. The highest BCUT2D eigenvalue weighted by atomic mass is 35.5. The summed E-state index contributed by atoms with van der Waals surface area (Å²) in [6, 6.07) is 11.4. The average Bonchev–Trinajstić information content (AvgIpc) is 3.33. The zero-order valence-electron chi connectivity index (χ0n) is 16.2. The van der Waals surface area contributed by atoms with Gasteiger partial charge in [0.05, 0.1) is 22.6 Å². The quantitative estimate of drug-likeness (QED) is 0.487. The maximum absolute atomic E-state index is 13.0. The smallest absolute Gasteiger partial charge is 0.250 e. The Kier molecular flexibility index (Phi) is 7.00. The van der Waals surface area contributed by atoms with E-state index >= 15 is 0 Å². The van der Waals surface area contributed by atoms with E-state index in [1.165, 1.54) is 6.07 Å². The number of sulfonamides is 1. The Balaban J connectivity index is 1.94. The first-order chi connectivity index (χ1) is 13.8. The minimum atomic E-state index is -3.72. The van der Waals surface area contributed by atoms with Crippen molar-refractivity contribution in [1.82, 2.24) is 14.5 Å². The number of aromatic hydroxyl groups is 1. The summed E-state index contributed by atoms with van der Waals surface area (Å²) in [5.74, 6) is 0.308. The lowest BCUT2D eigenvalue weighted by Gasteiger charge is -2.27. The van der Waals surface area contributed by atoms with E-state index < -0.39 is 16.1 Å². The van der Waals surface area contributed by atoms with Crippen LogP contribution in [0.1, 0.15) is 44.0 Å². The number of phenols is 1. The van der Waals surface area contributed by atoms with Crippen molar-refractivity contribution in [2.45, 2.75) is 43.5 Å². The molecule has 0 aliphatic heterocycles. The molecular weight excluding hydrogens is 430 g/mol. The van der Waals surface area contributed by atoms with Gasteiger partial charge in [0.25, 0.3) is 10.0 Å². The van der Waals surface area contributed by atoms with Gasteiger partial charge in [0.1, 0.15) is 9.96 Å². The van der Waals surface area contributed by atoms with Crippen LogP contribution < -0.4 is 4.72 Å². The van der Waals surface area contributed by atoms with E-state index in [9.17, 15) is 13.5 Å². The van der Waals surface area contributed by atoms with Gasteiger partial charge in [0.15, 0.2) is 0 Å². The molecule has 9 heteroatoms. The van der Waals surface area contributed by atoms with Gasteiger partial charge in [-0.2, -0.15) is 5.10 Å². The number of nitrogens with one attached hydrogen (secondary N) is 1. The maximum atomic E-state index is 13.0. The highest BCUT2D eigenvalue weighted by Gasteiger charge is 2.30. The van der Waals surface area contributed by atoms with Gasteiger partial charge in [-0.15, -0.1) is 11.3 Å². The number of rotatable bonds is 9. The minimum absolute atomic E-state index is 0.107. The topological polar surface area (TPSA) is 84.2 Å². The molecule has 0 aliphatic carbocycles. The Bertz CT molecular complexity index is 1040. The zero-order chi connectivity index (χ0) is 21.0. The predicted molar refractivity (Wildman–Crippen MR) is 116 cm³/mol. The van der Waals surface area contributed by atoms with Gasteiger partial charge in [0.2, 0.25) is 0 Å². The van der Waals surface area contributed by atoms with Gasteiger partial charge in [-0.25, -0.2) is 13.1 Å². The van der Waals surface area contributed by atoms with Crippen LogP contribution >= 0.6 is 22.9 Å². The SMILES string of the molecule is CCC(CC)[C@H](NS(=O)(=O)c1ccc(Cl)s1)c1ccnn1Cc1ccc(O)cc1. The van der Waals surface area contributed by atoms with E-state index in [2.05, 4.69) is 23.7 Å². The zero-order valence-corrected chi connectivity index (χ0v) is 18.6. The van der Waals surface area contributed by atoms with E-state index in [1.807, 2.05) is 18.2 Å². The molecule has 2 N–H and O–H groups in total. The second-order valence-corrected chi connectivity index (χ2v) is 10.5. The third-order valence-electron chi connectivity index (χ3n) is 4.95. The van der Waals surface area contributed by atoms with Crippen LogP contribution in [0.3, 0.4) is 0 Å². The molecule has 1 aromatic carbocycles. The van der Waals surface area contributed by atoms with Crippen molar-refractivity contribution in [3.63, 3.8) is 0 Å². The fraction of sp³-hybridized carbons (Fsp3) is 0.350. The van der Waals surface area contributed by atoms with Gasteiger partial charge in [-0.05, 0) is 41.8 Å². The Labute approximate surface area is 180 Å². The molecule has 0 saturated heterocycles. The van der Waals surface area contributed by atoms with Crippen molar-refractivity contribution in [2.24, 2.45) is 5.92 Å². The standard InChI is InChI=1S/C20H24ClN3O3S2/c1-3-15(4-2)20(23-29(26,27)19-10-9-18(21)28-19)17-11-12-22-24(17)13-14-5-7-16(25)8-6-14/h5-12,15,20,23,25H,3-4,13H2,1-2H3/t20-/m0/s1. The molecule has 0 spiro atoms. The summed E-state index contributed by atoms with van der Waals surface area (Å²) >= 11 is 6.98. The monoisotopic (exact) mass is 453 g/mol. The second-order valence-electron chi connectivity index (χ2n) is 6.81. The maximum Gasteiger partial charge on any atom is 0.250 e. The summed E-state index contributed by atoms with van der Waals surface area (Å²) < 4.78 is 31.3. The number of hydrogen-bond acceptors (Lipinski definition) is 5. The van der Waals surface area contributed by atoms with Gasteiger partial charge in [-0.3, -0.25) is 4.68 Å². The summed E-state index contributed by atoms with van der Waals surface area (Å²) in [6.45, 7) is 4.59. The lowest BCUT2D eigenvalue weighted by Crippen LogP contribution is -2.34. The Morgan fingerprint density at radius 2 is 1.83 bits per heavy atom. The number of hydrogen-bond donors (Lipinski definition) is 2. The molecule has 3 rings (SSSR count). The van der Waals surface area contributed by atoms with E-state index in [-0.39, 0.29) is 15.9 Å². The fourth-order valence-electron chi connectivity index (χ4n) is 3.34. The lowest BCUT2D eigenvalue weighted by atomic mass is 9.92. The molecular formula is C20H24ClN3O3S2. The van der Waals surface area contributed by atoms with Crippen molar-refractivity contribution < 1.29 is 13.5 Å². The Morgan fingerprint density at radius 3 is 2.41 bits per heavy atom. The van der Waals surface area contributed by atoms with Crippen LogP contribution in [0, 0.1) is 5.92 Å². The van der Waals surface area contributed by atoms with Crippen LogP contribution in [0.2, 0.25) is 4.34 Å². The van der Waals surface area contributed by atoms with Gasteiger partial charge in [0, 0.05) is 6.20 Å². The molecule has 29 heavy (non-hydrogen) atoms. The molecule has 0 radical (unpaired) electrons. The van der Waals surface area contributed by atoms with Gasteiger partial charge >= 0.3 is 0 Å². The van der Waals surface area contributed by atoms with Crippen molar-refractivity contribution in [1.29, 1.82) is 0 Å². The summed E-state index contributed by atoms with van der Waals surface area (Å²) in [4.78, 5) is 0. The first-order valence-corrected chi connectivity index (χ1v) is 12.1. The molecule has 2 heterocycles. The van der Waals surface area contributed by atoms with Crippen LogP contribution in [-0.4, -0.2) is 23.3 Å². The minimum Gasteiger partial charge on any atom is -0.508 e. The Hall–Kier alpha value is -1.87. The largest absolute Gasteiger partial charge is 0.508 e. The molecule has 0 fully saturated rings. The second kappa shape index (κ2) is 9.30. The molecule has 1 atom stereocenters. The van der Waals surface area contributed by atoms with Gasteiger partial charge in [-0.1, -0.05) is 50.4 Å². The molecule has 0 saturated carbocycles. The summed E-state index contributed by atoms with van der Waals surface area (Å²) in [6.07, 6.45) is 3.32. The van der Waals surface area contributed by atoms with E-state index in [0.717, 1.165) is 35.4 Å². The molecule has 156 valence electrons. The number of aromatic nitrogens is 2. The van der Waals surface area contributed by atoms with Crippen molar-refractivity contribution in [3.05, 3.63) is 64.3 Å². The van der Waals surface area contributed by atoms with Gasteiger partial charge < -0.3 is 5.11 Å². The summed E-state index contributed by atoms with van der Waals surface area (Å²) in [7, 11) is -3.72. The third kappa shape index (κ3) is 5.19. The van der Waals surface area contributed by atoms with Crippen molar-refractivity contribution >= 4 is 33.0 Å². The fourth-order valence-corrected chi connectivity index (χ4v) is 6.12. The average molecular weight is 454 g/mol. The highest BCUT2D eigenvalue weighted by molar-refractivity contribution is 7.91. The number of nitrogens with zero attached hydrogens (tertiary/aromatic N) is 2. The van der Waals surface area contributed by atoms with Crippen molar-refractivity contribution in [2.75, 3.05) is 0 Å². The first-order valence-electron chi connectivity index (χ1n) is 9.41. The Morgan fingerprint density at radius 1 is 1.14 bits per heavy atom. The number of phenolic OH excluding ortho intramolecular Hbond substituents is 1. The number of halogens is 1. The highest BCUT2D eigenvalue weighted by Crippen LogP contribution is 2.32. The summed E-state index contributed by atoms with van der Waals surface area (Å²) in [5, 5.41) is 13.9. The molecule has 6 nitrogen and oxygen atoms in total. The molecule has 0 bridgehead atoms. The van der Waals surface area contributed by atoms with Crippen LogP contribution in [-0.2, 0) is 16.6 Å². The van der Waals surface area contributed by atoms with E-state index in [1.54, 1.807) is 29.1 Å². The third-order valence-corrected chi connectivity index (χ3v) is 8.12.